The summed E-state index contributed by atoms with van der Waals surface area (Å²) < 4.78 is 0. The van der Waals surface area contributed by atoms with Gasteiger partial charge in [0.25, 0.3) is 0 Å². The first-order chi connectivity index (χ1) is 11.6. The zero-order valence-electron chi connectivity index (χ0n) is 16.0. The van der Waals surface area contributed by atoms with Crippen molar-refractivity contribution in [2.24, 2.45) is 5.92 Å². The van der Waals surface area contributed by atoms with E-state index < -0.39 is 0 Å². The highest BCUT2D eigenvalue weighted by atomic mass is 15.1. The molecule has 0 bridgehead atoms. The highest BCUT2D eigenvalue weighted by Gasteiger charge is 2.16. The van der Waals surface area contributed by atoms with Crippen molar-refractivity contribution < 1.29 is 0 Å². The molecular formula is C23H33N. The van der Waals surface area contributed by atoms with Crippen molar-refractivity contribution >= 4 is 0 Å². The van der Waals surface area contributed by atoms with E-state index in [1.807, 2.05) is 13.8 Å². The van der Waals surface area contributed by atoms with E-state index in [1.54, 1.807) is 0 Å². The van der Waals surface area contributed by atoms with Gasteiger partial charge in [-0.1, -0.05) is 101 Å². The first kappa shape index (κ1) is 20.2. The summed E-state index contributed by atoms with van der Waals surface area (Å²) in [6.07, 6.45) is 0. The molecule has 2 aromatic carbocycles. The third-order valence-corrected chi connectivity index (χ3v) is 4.19. The summed E-state index contributed by atoms with van der Waals surface area (Å²) in [6.45, 7) is 14.6. The molecule has 0 unspecified atom stereocenters. The van der Waals surface area contributed by atoms with Crippen LogP contribution in [0.25, 0.3) is 0 Å². The Kier molecular flexibility index (Phi) is 9.11. The van der Waals surface area contributed by atoms with Crippen LogP contribution in [0.4, 0.5) is 0 Å². The highest BCUT2D eigenvalue weighted by molar-refractivity contribution is 5.32. The van der Waals surface area contributed by atoms with Crippen LogP contribution in [-0.2, 0) is 0 Å². The largest absolute Gasteiger partial charge is 0.302 e. The lowest BCUT2D eigenvalue weighted by molar-refractivity contribution is 0.340. The monoisotopic (exact) mass is 323 g/mol. The van der Waals surface area contributed by atoms with Gasteiger partial charge in [-0.05, 0) is 24.1 Å². The van der Waals surface area contributed by atoms with Gasteiger partial charge in [0.2, 0.25) is 0 Å². The minimum absolute atomic E-state index is 0.396. The van der Waals surface area contributed by atoms with Gasteiger partial charge >= 0.3 is 0 Å². The standard InChI is InChI=1S/C21H27N.C2H6/c1-17(2)18(3)15-22(4)16-21(19-11-7-5-8-12-19)20-13-9-6-10-14-20;1-2/h5-14,17,21H,3,15-16H2,1-2,4H3;1-2H3. The Bertz CT molecular complexity index is 532. The molecule has 0 saturated heterocycles. The molecule has 2 aromatic rings. The summed E-state index contributed by atoms with van der Waals surface area (Å²) in [7, 11) is 2.19. The first-order valence-corrected chi connectivity index (χ1v) is 9.04. The predicted octanol–water partition coefficient (Wildman–Crippen LogP) is 5.99. The molecule has 0 amide bonds. The quantitative estimate of drug-likeness (QED) is 0.566. The number of hydrogen-bond donors (Lipinski definition) is 0. The van der Waals surface area contributed by atoms with Crippen LogP contribution in [0.3, 0.4) is 0 Å². The fourth-order valence-corrected chi connectivity index (χ4v) is 2.68. The van der Waals surface area contributed by atoms with E-state index in [0.717, 1.165) is 13.1 Å². The van der Waals surface area contributed by atoms with Gasteiger partial charge in [0, 0.05) is 19.0 Å². The van der Waals surface area contributed by atoms with E-state index in [4.69, 9.17) is 0 Å². The fourth-order valence-electron chi connectivity index (χ4n) is 2.68. The van der Waals surface area contributed by atoms with Gasteiger partial charge in [0.05, 0.1) is 0 Å². The molecule has 1 heteroatoms. The van der Waals surface area contributed by atoms with E-state index >= 15 is 0 Å². The Hall–Kier alpha value is -1.86. The van der Waals surface area contributed by atoms with E-state index in [2.05, 4.69) is 93.0 Å². The summed E-state index contributed by atoms with van der Waals surface area (Å²) in [5.41, 5.74) is 4.04. The summed E-state index contributed by atoms with van der Waals surface area (Å²) in [6, 6.07) is 21.6. The summed E-state index contributed by atoms with van der Waals surface area (Å²) in [4.78, 5) is 2.38. The topological polar surface area (TPSA) is 3.24 Å². The molecule has 0 aliphatic heterocycles. The Labute approximate surface area is 149 Å². The lowest BCUT2D eigenvalue weighted by Crippen LogP contribution is -2.28. The first-order valence-electron chi connectivity index (χ1n) is 9.04. The van der Waals surface area contributed by atoms with E-state index in [9.17, 15) is 0 Å². The Morgan fingerprint density at radius 3 is 1.67 bits per heavy atom. The van der Waals surface area contributed by atoms with Crippen LogP contribution in [0.2, 0.25) is 0 Å². The number of nitrogens with zero attached hydrogens (tertiary/aromatic N) is 1. The molecule has 0 atom stereocenters. The van der Waals surface area contributed by atoms with Crippen molar-refractivity contribution in [3.05, 3.63) is 83.9 Å². The summed E-state index contributed by atoms with van der Waals surface area (Å²) >= 11 is 0. The molecule has 0 saturated carbocycles. The van der Waals surface area contributed by atoms with Crippen LogP contribution in [0.15, 0.2) is 72.8 Å². The van der Waals surface area contributed by atoms with E-state index in [1.165, 1.54) is 16.7 Å². The van der Waals surface area contributed by atoms with Gasteiger partial charge in [-0.2, -0.15) is 0 Å². The highest BCUT2D eigenvalue weighted by Crippen LogP contribution is 2.25. The van der Waals surface area contributed by atoms with Gasteiger partial charge in [-0.3, -0.25) is 0 Å². The average Bonchev–Trinajstić information content (AvgIpc) is 2.62. The predicted molar refractivity (Wildman–Crippen MR) is 108 cm³/mol. The smallest absolute Gasteiger partial charge is 0.0217 e. The van der Waals surface area contributed by atoms with Crippen LogP contribution >= 0.6 is 0 Å². The lowest BCUT2D eigenvalue weighted by atomic mass is 9.90. The van der Waals surface area contributed by atoms with E-state index in [-0.39, 0.29) is 0 Å². The van der Waals surface area contributed by atoms with Gasteiger partial charge in [0.1, 0.15) is 0 Å². The summed E-state index contributed by atoms with van der Waals surface area (Å²) in [5, 5.41) is 0. The third-order valence-electron chi connectivity index (χ3n) is 4.19. The Balaban J connectivity index is 0.00000139. The molecule has 24 heavy (non-hydrogen) atoms. The van der Waals surface area contributed by atoms with Crippen LogP contribution in [0.1, 0.15) is 44.7 Å². The Morgan fingerprint density at radius 2 is 1.29 bits per heavy atom. The van der Waals surface area contributed by atoms with E-state index in [0.29, 0.717) is 11.8 Å². The maximum absolute atomic E-state index is 4.21. The second-order valence-corrected chi connectivity index (χ2v) is 6.38. The molecular weight excluding hydrogens is 290 g/mol. The zero-order chi connectivity index (χ0) is 17.9. The number of hydrogen-bond acceptors (Lipinski definition) is 1. The second kappa shape index (κ2) is 10.8. The Morgan fingerprint density at radius 1 is 0.875 bits per heavy atom. The van der Waals surface area contributed by atoms with Crippen molar-refractivity contribution in [1.29, 1.82) is 0 Å². The third kappa shape index (κ3) is 6.33. The molecule has 2 rings (SSSR count). The number of benzene rings is 2. The van der Waals surface area contributed by atoms with Crippen LogP contribution < -0.4 is 0 Å². The minimum Gasteiger partial charge on any atom is -0.302 e. The maximum atomic E-state index is 4.21. The molecule has 0 N–H and O–H groups in total. The SMILES string of the molecule is C=C(CN(C)CC(c1ccccc1)c1ccccc1)C(C)C.CC. The minimum atomic E-state index is 0.396. The number of rotatable bonds is 7. The molecule has 1 nitrogen and oxygen atoms in total. The van der Waals surface area contributed by atoms with Crippen molar-refractivity contribution in [3.8, 4) is 0 Å². The van der Waals surface area contributed by atoms with Crippen LogP contribution in [0.5, 0.6) is 0 Å². The lowest BCUT2D eigenvalue weighted by Gasteiger charge is -2.26. The molecule has 0 aliphatic rings. The van der Waals surface area contributed by atoms with Crippen LogP contribution in [-0.4, -0.2) is 25.0 Å². The van der Waals surface area contributed by atoms with Crippen molar-refractivity contribution in [2.45, 2.75) is 33.6 Å². The van der Waals surface area contributed by atoms with Crippen molar-refractivity contribution in [2.75, 3.05) is 20.1 Å². The maximum Gasteiger partial charge on any atom is 0.0217 e. The molecule has 0 heterocycles. The molecule has 0 spiro atoms. The fraction of sp³-hybridized carbons (Fsp3) is 0.391. The molecule has 130 valence electrons. The molecule has 0 aliphatic carbocycles. The van der Waals surface area contributed by atoms with Gasteiger partial charge in [0.15, 0.2) is 0 Å². The second-order valence-electron chi connectivity index (χ2n) is 6.38. The molecule has 0 aromatic heterocycles. The normalized spacial score (nSPS) is 10.7. The van der Waals surface area contributed by atoms with Crippen molar-refractivity contribution in [3.63, 3.8) is 0 Å². The zero-order valence-corrected chi connectivity index (χ0v) is 16.0. The van der Waals surface area contributed by atoms with Gasteiger partial charge in [-0.15, -0.1) is 0 Å². The number of likely N-dealkylation sites (N-methyl/N-ethyl adjacent to an activating group) is 1. The average molecular weight is 324 g/mol. The summed E-state index contributed by atoms with van der Waals surface area (Å²) in [5.74, 6) is 0.932. The van der Waals surface area contributed by atoms with Crippen LogP contribution in [0, 0.1) is 5.92 Å². The van der Waals surface area contributed by atoms with Gasteiger partial charge < -0.3 is 4.90 Å². The van der Waals surface area contributed by atoms with Gasteiger partial charge in [-0.25, -0.2) is 0 Å². The molecule has 0 radical (unpaired) electrons. The van der Waals surface area contributed by atoms with Crippen molar-refractivity contribution in [1.82, 2.24) is 4.90 Å². The molecule has 0 fully saturated rings.